The topological polar surface area (TPSA) is 64.1 Å². The zero-order valence-electron chi connectivity index (χ0n) is 12.8. The van der Waals surface area contributed by atoms with E-state index in [2.05, 4.69) is 15.3 Å². The van der Waals surface area contributed by atoms with Gasteiger partial charge in [-0.2, -0.15) is 0 Å². The number of hydrogen-bond donors (Lipinski definition) is 1. The Kier molecular flexibility index (Phi) is 4.47. The van der Waals surface area contributed by atoms with Crippen molar-refractivity contribution in [3.63, 3.8) is 0 Å². The van der Waals surface area contributed by atoms with Gasteiger partial charge < -0.3 is 10.1 Å². The first-order valence-electron chi connectivity index (χ1n) is 7.48. The summed E-state index contributed by atoms with van der Waals surface area (Å²) in [5.41, 5.74) is 2.03. The highest BCUT2D eigenvalue weighted by Gasteiger charge is 2.10. The molecule has 2 heterocycles. The molecule has 3 aromatic rings. The molecule has 0 saturated heterocycles. The molecule has 0 aliphatic heterocycles. The van der Waals surface area contributed by atoms with Gasteiger partial charge in [0.2, 0.25) is 5.88 Å². The van der Waals surface area contributed by atoms with Gasteiger partial charge in [-0.15, -0.1) is 0 Å². The highest BCUT2D eigenvalue weighted by Crippen LogP contribution is 2.15. The number of hydrogen-bond acceptors (Lipinski definition) is 4. The molecule has 1 N–H and O–H groups in total. The molecule has 0 aliphatic rings. The van der Waals surface area contributed by atoms with Crippen molar-refractivity contribution in [2.24, 2.45) is 0 Å². The Balaban J connectivity index is 1.73. The molecule has 1 amide bonds. The molecule has 5 heteroatoms. The molecule has 116 valence electrons. The second-order valence-corrected chi connectivity index (χ2v) is 4.97. The standard InChI is InChI=1S/C18H17N3O2/c1-2-23-18-14(7-5-11-19-18)12-20-17(22)16-10-9-13-6-3-4-8-15(13)21-16/h3-11H,2,12H2,1H3,(H,20,22). The van der Waals surface area contributed by atoms with Gasteiger partial charge in [0, 0.05) is 23.7 Å². The molecule has 0 atom stereocenters. The highest BCUT2D eigenvalue weighted by atomic mass is 16.5. The molecule has 0 unspecified atom stereocenters. The number of rotatable bonds is 5. The van der Waals surface area contributed by atoms with Crippen LogP contribution < -0.4 is 10.1 Å². The molecule has 5 nitrogen and oxygen atoms in total. The molecule has 0 aliphatic carbocycles. The molecular formula is C18H17N3O2. The molecule has 1 aromatic carbocycles. The Labute approximate surface area is 134 Å². The van der Waals surface area contributed by atoms with Gasteiger partial charge in [-0.25, -0.2) is 9.97 Å². The molecule has 2 aromatic heterocycles. The van der Waals surface area contributed by atoms with Gasteiger partial charge in [-0.05, 0) is 25.1 Å². The molecule has 0 spiro atoms. The third-order valence-corrected chi connectivity index (χ3v) is 3.40. The first-order chi connectivity index (χ1) is 11.3. The van der Waals surface area contributed by atoms with Crippen LogP contribution in [0.3, 0.4) is 0 Å². The predicted octanol–water partition coefficient (Wildman–Crippen LogP) is 2.96. The van der Waals surface area contributed by atoms with E-state index in [1.54, 1.807) is 12.3 Å². The molecule has 0 radical (unpaired) electrons. The van der Waals surface area contributed by atoms with Crippen molar-refractivity contribution in [3.05, 3.63) is 66.0 Å². The first-order valence-corrected chi connectivity index (χ1v) is 7.48. The van der Waals surface area contributed by atoms with Crippen LogP contribution in [0.15, 0.2) is 54.7 Å². The van der Waals surface area contributed by atoms with Crippen molar-refractivity contribution >= 4 is 16.8 Å². The maximum atomic E-state index is 12.3. The zero-order chi connectivity index (χ0) is 16.1. The summed E-state index contributed by atoms with van der Waals surface area (Å²) in [6.07, 6.45) is 1.67. The van der Waals surface area contributed by atoms with Crippen molar-refractivity contribution in [3.8, 4) is 5.88 Å². The first kappa shape index (κ1) is 15.0. The van der Waals surface area contributed by atoms with Crippen molar-refractivity contribution in [2.75, 3.05) is 6.61 Å². The average molecular weight is 307 g/mol. The van der Waals surface area contributed by atoms with Gasteiger partial charge in [-0.1, -0.05) is 30.3 Å². The molecule has 3 rings (SSSR count). The maximum Gasteiger partial charge on any atom is 0.270 e. The number of pyridine rings is 2. The van der Waals surface area contributed by atoms with Crippen LogP contribution in [0, 0.1) is 0 Å². The van der Waals surface area contributed by atoms with E-state index in [1.807, 2.05) is 49.4 Å². The van der Waals surface area contributed by atoms with Gasteiger partial charge in [-0.3, -0.25) is 4.79 Å². The van der Waals surface area contributed by atoms with Crippen LogP contribution in [0.5, 0.6) is 5.88 Å². The van der Waals surface area contributed by atoms with E-state index < -0.39 is 0 Å². The largest absolute Gasteiger partial charge is 0.478 e. The quantitative estimate of drug-likeness (QED) is 0.787. The third-order valence-electron chi connectivity index (χ3n) is 3.40. The van der Waals surface area contributed by atoms with Gasteiger partial charge in [0.25, 0.3) is 5.91 Å². The van der Waals surface area contributed by atoms with Gasteiger partial charge in [0.1, 0.15) is 5.69 Å². The van der Waals surface area contributed by atoms with E-state index in [0.717, 1.165) is 16.5 Å². The van der Waals surface area contributed by atoms with Gasteiger partial charge >= 0.3 is 0 Å². The fourth-order valence-electron chi connectivity index (χ4n) is 2.28. The van der Waals surface area contributed by atoms with Crippen molar-refractivity contribution < 1.29 is 9.53 Å². The van der Waals surface area contributed by atoms with Crippen molar-refractivity contribution in [1.29, 1.82) is 0 Å². The molecule has 23 heavy (non-hydrogen) atoms. The lowest BCUT2D eigenvalue weighted by Gasteiger charge is -2.09. The fraction of sp³-hybridized carbons (Fsp3) is 0.167. The highest BCUT2D eigenvalue weighted by molar-refractivity contribution is 5.94. The summed E-state index contributed by atoms with van der Waals surface area (Å²) in [4.78, 5) is 20.9. The number of carbonyl (C=O) groups excluding carboxylic acids is 1. The Hall–Kier alpha value is -2.95. The van der Waals surface area contributed by atoms with Crippen LogP contribution in [-0.2, 0) is 6.54 Å². The summed E-state index contributed by atoms with van der Waals surface area (Å²) in [6.45, 7) is 2.77. The van der Waals surface area contributed by atoms with Crippen LogP contribution in [0.2, 0.25) is 0 Å². The number of fused-ring (bicyclic) bond motifs is 1. The average Bonchev–Trinajstić information content (AvgIpc) is 2.60. The molecule has 0 fully saturated rings. The smallest absolute Gasteiger partial charge is 0.270 e. The van der Waals surface area contributed by atoms with E-state index >= 15 is 0 Å². The SMILES string of the molecule is CCOc1ncccc1CNC(=O)c1ccc2ccccc2n1. The van der Waals surface area contributed by atoms with Crippen LogP contribution >= 0.6 is 0 Å². The van der Waals surface area contributed by atoms with E-state index in [-0.39, 0.29) is 5.91 Å². The number of aromatic nitrogens is 2. The maximum absolute atomic E-state index is 12.3. The molecule has 0 bridgehead atoms. The summed E-state index contributed by atoms with van der Waals surface area (Å²) in [5.74, 6) is 0.323. The van der Waals surface area contributed by atoms with E-state index in [0.29, 0.717) is 24.7 Å². The molecule has 0 saturated carbocycles. The summed E-state index contributed by atoms with van der Waals surface area (Å²) >= 11 is 0. The Bertz CT molecular complexity index is 833. The van der Waals surface area contributed by atoms with E-state index in [9.17, 15) is 4.79 Å². The predicted molar refractivity (Wildman–Crippen MR) is 88.3 cm³/mol. The fourth-order valence-corrected chi connectivity index (χ4v) is 2.28. The van der Waals surface area contributed by atoms with Crippen molar-refractivity contribution in [2.45, 2.75) is 13.5 Å². The Morgan fingerprint density at radius 3 is 2.87 bits per heavy atom. The lowest BCUT2D eigenvalue weighted by Crippen LogP contribution is -2.24. The second-order valence-electron chi connectivity index (χ2n) is 4.97. The Morgan fingerprint density at radius 1 is 1.13 bits per heavy atom. The second kappa shape index (κ2) is 6.87. The van der Waals surface area contributed by atoms with Gasteiger partial charge in [0.05, 0.1) is 12.1 Å². The lowest BCUT2D eigenvalue weighted by atomic mass is 10.2. The monoisotopic (exact) mass is 307 g/mol. The summed E-state index contributed by atoms with van der Waals surface area (Å²) in [7, 11) is 0. The Morgan fingerprint density at radius 2 is 2.00 bits per heavy atom. The number of benzene rings is 1. The minimum atomic E-state index is -0.220. The summed E-state index contributed by atoms with van der Waals surface area (Å²) in [6, 6.07) is 15.0. The number of nitrogens with one attached hydrogen (secondary N) is 1. The minimum absolute atomic E-state index is 0.220. The van der Waals surface area contributed by atoms with E-state index in [1.165, 1.54) is 0 Å². The number of nitrogens with zero attached hydrogens (tertiary/aromatic N) is 2. The summed E-state index contributed by atoms with van der Waals surface area (Å²) < 4.78 is 5.45. The minimum Gasteiger partial charge on any atom is -0.478 e. The number of ether oxygens (including phenoxy) is 1. The third kappa shape index (κ3) is 3.45. The van der Waals surface area contributed by atoms with Gasteiger partial charge in [0.15, 0.2) is 0 Å². The number of carbonyl (C=O) groups is 1. The summed E-state index contributed by atoms with van der Waals surface area (Å²) in [5, 5.41) is 3.87. The van der Waals surface area contributed by atoms with Crippen LogP contribution in [-0.4, -0.2) is 22.5 Å². The van der Waals surface area contributed by atoms with Crippen LogP contribution in [0.4, 0.5) is 0 Å². The number of para-hydroxylation sites is 1. The van der Waals surface area contributed by atoms with Crippen molar-refractivity contribution in [1.82, 2.24) is 15.3 Å². The lowest BCUT2D eigenvalue weighted by molar-refractivity contribution is 0.0946. The van der Waals surface area contributed by atoms with Crippen LogP contribution in [0.1, 0.15) is 23.0 Å². The normalized spacial score (nSPS) is 10.5. The van der Waals surface area contributed by atoms with Crippen LogP contribution in [0.25, 0.3) is 10.9 Å². The zero-order valence-corrected chi connectivity index (χ0v) is 12.8. The molecular weight excluding hydrogens is 290 g/mol. The number of amides is 1. The van der Waals surface area contributed by atoms with E-state index in [4.69, 9.17) is 4.74 Å².